The molecular weight excluding hydrogens is 230 g/mol. The molecule has 0 aliphatic rings. The standard InChI is InChI=1S/C14H19NO3/c1-2-3-8-18-9-7-15-11-12-5-4-6-13(10-12)14(16)17/h2,4-6,10,15H,1,3,7-9,11H2,(H,16,17). The summed E-state index contributed by atoms with van der Waals surface area (Å²) in [6, 6.07) is 6.91. The predicted molar refractivity (Wildman–Crippen MR) is 70.7 cm³/mol. The van der Waals surface area contributed by atoms with E-state index < -0.39 is 5.97 Å². The van der Waals surface area contributed by atoms with Gasteiger partial charge in [-0.15, -0.1) is 6.58 Å². The molecule has 0 spiro atoms. The van der Waals surface area contributed by atoms with E-state index in [-0.39, 0.29) is 0 Å². The Balaban J connectivity index is 2.21. The van der Waals surface area contributed by atoms with Crippen LogP contribution in [0.1, 0.15) is 22.3 Å². The van der Waals surface area contributed by atoms with Gasteiger partial charge in [0.1, 0.15) is 0 Å². The Morgan fingerprint density at radius 2 is 2.28 bits per heavy atom. The molecule has 4 heteroatoms. The van der Waals surface area contributed by atoms with Gasteiger partial charge in [0.2, 0.25) is 0 Å². The molecule has 18 heavy (non-hydrogen) atoms. The van der Waals surface area contributed by atoms with Crippen LogP contribution in [0.2, 0.25) is 0 Å². The van der Waals surface area contributed by atoms with Gasteiger partial charge >= 0.3 is 5.97 Å². The molecule has 2 N–H and O–H groups in total. The van der Waals surface area contributed by atoms with Gasteiger partial charge < -0.3 is 15.2 Å². The third-order valence-corrected chi connectivity index (χ3v) is 2.39. The largest absolute Gasteiger partial charge is 0.478 e. The number of ether oxygens (including phenoxy) is 1. The fraction of sp³-hybridized carbons (Fsp3) is 0.357. The molecule has 0 radical (unpaired) electrons. The van der Waals surface area contributed by atoms with Crippen molar-refractivity contribution in [3.8, 4) is 0 Å². The minimum atomic E-state index is -0.899. The number of hydrogen-bond acceptors (Lipinski definition) is 3. The summed E-state index contributed by atoms with van der Waals surface area (Å²) in [7, 11) is 0. The number of nitrogens with one attached hydrogen (secondary N) is 1. The fourth-order valence-corrected chi connectivity index (χ4v) is 1.46. The zero-order valence-corrected chi connectivity index (χ0v) is 10.4. The molecule has 98 valence electrons. The molecule has 0 amide bonds. The Kier molecular flexibility index (Phi) is 6.76. The molecule has 0 saturated carbocycles. The zero-order chi connectivity index (χ0) is 13.2. The fourth-order valence-electron chi connectivity index (χ4n) is 1.46. The lowest BCUT2D eigenvalue weighted by atomic mass is 10.1. The monoisotopic (exact) mass is 249 g/mol. The summed E-state index contributed by atoms with van der Waals surface area (Å²) in [6.45, 7) is 6.34. The second-order valence-electron chi connectivity index (χ2n) is 3.87. The molecule has 0 saturated heterocycles. The number of carbonyl (C=O) groups is 1. The Morgan fingerprint density at radius 3 is 3.00 bits per heavy atom. The molecule has 0 bridgehead atoms. The molecule has 1 aromatic rings. The van der Waals surface area contributed by atoms with Gasteiger partial charge in [-0.2, -0.15) is 0 Å². The van der Waals surface area contributed by atoms with Crippen LogP contribution in [-0.2, 0) is 11.3 Å². The van der Waals surface area contributed by atoms with E-state index in [9.17, 15) is 4.79 Å². The second-order valence-corrected chi connectivity index (χ2v) is 3.87. The molecule has 1 aromatic carbocycles. The summed E-state index contributed by atoms with van der Waals surface area (Å²) >= 11 is 0. The first-order chi connectivity index (χ1) is 8.74. The van der Waals surface area contributed by atoms with Crippen molar-refractivity contribution < 1.29 is 14.6 Å². The number of rotatable bonds is 9. The van der Waals surface area contributed by atoms with Crippen molar-refractivity contribution in [3.05, 3.63) is 48.0 Å². The van der Waals surface area contributed by atoms with Crippen molar-refractivity contribution in [1.82, 2.24) is 5.32 Å². The summed E-state index contributed by atoms with van der Waals surface area (Å²) in [5, 5.41) is 12.1. The molecular formula is C14H19NO3. The first-order valence-corrected chi connectivity index (χ1v) is 5.95. The lowest BCUT2D eigenvalue weighted by molar-refractivity contribution is 0.0696. The predicted octanol–water partition coefficient (Wildman–Crippen LogP) is 2.07. The van der Waals surface area contributed by atoms with Gasteiger partial charge in [0.15, 0.2) is 0 Å². The van der Waals surface area contributed by atoms with E-state index >= 15 is 0 Å². The minimum absolute atomic E-state index is 0.316. The highest BCUT2D eigenvalue weighted by Crippen LogP contribution is 2.04. The SMILES string of the molecule is C=CCCOCCNCc1cccc(C(=O)O)c1. The lowest BCUT2D eigenvalue weighted by Crippen LogP contribution is -2.19. The molecule has 0 aliphatic carbocycles. The van der Waals surface area contributed by atoms with Crippen molar-refractivity contribution in [1.29, 1.82) is 0 Å². The molecule has 0 fully saturated rings. The summed E-state index contributed by atoms with van der Waals surface area (Å²) in [4.78, 5) is 10.8. The average Bonchev–Trinajstić information content (AvgIpc) is 2.38. The van der Waals surface area contributed by atoms with Crippen molar-refractivity contribution >= 4 is 5.97 Å². The Morgan fingerprint density at radius 1 is 1.44 bits per heavy atom. The van der Waals surface area contributed by atoms with Crippen LogP contribution in [0.25, 0.3) is 0 Å². The van der Waals surface area contributed by atoms with Gasteiger partial charge in [0.05, 0.1) is 18.8 Å². The van der Waals surface area contributed by atoms with Gasteiger partial charge in [-0.1, -0.05) is 18.2 Å². The molecule has 0 heterocycles. The van der Waals surface area contributed by atoms with Gasteiger partial charge in [-0.05, 0) is 24.1 Å². The topological polar surface area (TPSA) is 58.6 Å². The van der Waals surface area contributed by atoms with Crippen LogP contribution >= 0.6 is 0 Å². The molecule has 0 atom stereocenters. The smallest absolute Gasteiger partial charge is 0.335 e. The quantitative estimate of drug-likeness (QED) is 0.519. The minimum Gasteiger partial charge on any atom is -0.478 e. The van der Waals surface area contributed by atoms with E-state index in [1.807, 2.05) is 12.1 Å². The van der Waals surface area contributed by atoms with Gasteiger partial charge in [0.25, 0.3) is 0 Å². The first kappa shape index (κ1) is 14.4. The molecule has 4 nitrogen and oxygen atoms in total. The number of aromatic carboxylic acids is 1. The summed E-state index contributed by atoms with van der Waals surface area (Å²) in [5.41, 5.74) is 1.28. The van der Waals surface area contributed by atoms with Crippen LogP contribution in [0.4, 0.5) is 0 Å². The number of carboxylic acid groups (broad SMARTS) is 1. The molecule has 0 aromatic heterocycles. The third-order valence-electron chi connectivity index (χ3n) is 2.39. The summed E-state index contributed by atoms with van der Waals surface area (Å²) in [5.74, 6) is -0.899. The normalized spacial score (nSPS) is 10.2. The van der Waals surface area contributed by atoms with E-state index in [0.717, 1.165) is 18.5 Å². The van der Waals surface area contributed by atoms with Crippen LogP contribution in [0.5, 0.6) is 0 Å². The van der Waals surface area contributed by atoms with Crippen LogP contribution in [0.3, 0.4) is 0 Å². The Labute approximate surface area is 107 Å². The number of hydrogen-bond donors (Lipinski definition) is 2. The maximum absolute atomic E-state index is 10.8. The van der Waals surface area contributed by atoms with Crippen LogP contribution in [0, 0.1) is 0 Å². The van der Waals surface area contributed by atoms with E-state index in [4.69, 9.17) is 9.84 Å². The highest BCUT2D eigenvalue weighted by molar-refractivity contribution is 5.87. The highest BCUT2D eigenvalue weighted by Gasteiger charge is 2.02. The van der Waals surface area contributed by atoms with Gasteiger partial charge in [0, 0.05) is 13.1 Å². The molecule has 1 rings (SSSR count). The summed E-state index contributed by atoms with van der Waals surface area (Å²) < 4.78 is 5.35. The second kappa shape index (κ2) is 8.44. The van der Waals surface area contributed by atoms with Crippen LogP contribution < -0.4 is 5.32 Å². The van der Waals surface area contributed by atoms with E-state index in [1.54, 1.807) is 18.2 Å². The van der Waals surface area contributed by atoms with Crippen molar-refractivity contribution in [2.24, 2.45) is 0 Å². The number of benzene rings is 1. The van der Waals surface area contributed by atoms with E-state index in [2.05, 4.69) is 11.9 Å². The van der Waals surface area contributed by atoms with Crippen molar-refractivity contribution in [2.75, 3.05) is 19.8 Å². The zero-order valence-electron chi connectivity index (χ0n) is 10.4. The lowest BCUT2D eigenvalue weighted by Gasteiger charge is -2.06. The molecule has 0 aliphatic heterocycles. The van der Waals surface area contributed by atoms with E-state index in [0.29, 0.717) is 25.3 Å². The third kappa shape index (κ3) is 5.61. The van der Waals surface area contributed by atoms with E-state index in [1.165, 1.54) is 0 Å². The van der Waals surface area contributed by atoms with Gasteiger partial charge in [-0.3, -0.25) is 0 Å². The highest BCUT2D eigenvalue weighted by atomic mass is 16.5. The molecule has 0 unspecified atom stereocenters. The average molecular weight is 249 g/mol. The summed E-state index contributed by atoms with van der Waals surface area (Å²) in [6.07, 6.45) is 2.69. The van der Waals surface area contributed by atoms with Crippen LogP contribution in [-0.4, -0.2) is 30.8 Å². The Bertz CT molecular complexity index is 390. The Hall–Kier alpha value is -1.65. The van der Waals surface area contributed by atoms with Crippen molar-refractivity contribution in [3.63, 3.8) is 0 Å². The first-order valence-electron chi connectivity index (χ1n) is 5.95. The maximum Gasteiger partial charge on any atom is 0.335 e. The van der Waals surface area contributed by atoms with Crippen molar-refractivity contribution in [2.45, 2.75) is 13.0 Å². The maximum atomic E-state index is 10.8. The van der Waals surface area contributed by atoms with Gasteiger partial charge in [-0.25, -0.2) is 4.79 Å². The number of carboxylic acids is 1. The van der Waals surface area contributed by atoms with Crippen LogP contribution in [0.15, 0.2) is 36.9 Å².